The van der Waals surface area contributed by atoms with Gasteiger partial charge in [0.05, 0.1) is 4.90 Å². The van der Waals surface area contributed by atoms with Crippen molar-refractivity contribution in [2.75, 3.05) is 24.5 Å². The number of hydrogen-bond acceptors (Lipinski definition) is 2. The minimum Gasteiger partial charge on any atom is -0.314 e. The molecule has 3 rings (SSSR count). The standard InChI is InChI=1S/C15H20N2O2S/c18-12-16-10-7-13-11-14(5-6-15(13)16)20(19)17-8-3-1-2-4-9-17/h5-6,11-12H,1-4,7-10H2. The molecule has 1 saturated heterocycles. The predicted molar refractivity (Wildman–Crippen MR) is 80.0 cm³/mol. The number of nitrogens with zero attached hydrogens (tertiary/aromatic N) is 2. The number of amides is 1. The Morgan fingerprint density at radius 2 is 1.80 bits per heavy atom. The monoisotopic (exact) mass is 292 g/mol. The van der Waals surface area contributed by atoms with E-state index in [1.807, 2.05) is 18.2 Å². The maximum atomic E-state index is 12.7. The zero-order valence-electron chi connectivity index (χ0n) is 11.6. The largest absolute Gasteiger partial charge is 0.314 e. The van der Waals surface area contributed by atoms with E-state index in [4.69, 9.17) is 0 Å². The van der Waals surface area contributed by atoms with Gasteiger partial charge in [0.15, 0.2) is 0 Å². The van der Waals surface area contributed by atoms with Crippen LogP contribution in [0.15, 0.2) is 23.1 Å². The molecule has 0 saturated carbocycles. The van der Waals surface area contributed by atoms with E-state index in [0.29, 0.717) is 0 Å². The molecule has 1 amide bonds. The van der Waals surface area contributed by atoms with Crippen LogP contribution in [0.1, 0.15) is 31.2 Å². The number of hydrogen-bond donors (Lipinski definition) is 0. The average Bonchev–Trinajstić information content (AvgIpc) is 2.70. The molecule has 1 aromatic carbocycles. The van der Waals surface area contributed by atoms with Gasteiger partial charge in [-0.1, -0.05) is 12.8 Å². The van der Waals surface area contributed by atoms with Gasteiger partial charge >= 0.3 is 0 Å². The van der Waals surface area contributed by atoms with Crippen LogP contribution in [0, 0.1) is 0 Å². The molecule has 1 fully saturated rings. The third kappa shape index (κ3) is 2.65. The van der Waals surface area contributed by atoms with Crippen LogP contribution in [0.2, 0.25) is 0 Å². The summed E-state index contributed by atoms with van der Waals surface area (Å²) in [5.41, 5.74) is 2.11. The van der Waals surface area contributed by atoms with E-state index in [-0.39, 0.29) is 0 Å². The average molecular weight is 292 g/mol. The van der Waals surface area contributed by atoms with E-state index in [1.54, 1.807) is 4.90 Å². The first-order valence-electron chi connectivity index (χ1n) is 7.31. The van der Waals surface area contributed by atoms with Gasteiger partial charge in [0.1, 0.15) is 11.0 Å². The molecule has 2 aliphatic heterocycles. The molecule has 0 aromatic heterocycles. The summed E-state index contributed by atoms with van der Waals surface area (Å²) < 4.78 is 14.7. The number of carbonyl (C=O) groups is 1. The minimum absolute atomic E-state index is 0.735. The number of fused-ring (bicyclic) bond motifs is 1. The van der Waals surface area contributed by atoms with Crippen molar-refractivity contribution in [3.05, 3.63) is 23.8 Å². The highest BCUT2D eigenvalue weighted by Gasteiger charge is 2.22. The summed E-state index contributed by atoms with van der Waals surface area (Å²) in [6, 6.07) is 5.85. The molecular weight excluding hydrogens is 272 g/mol. The van der Waals surface area contributed by atoms with Crippen molar-refractivity contribution < 1.29 is 9.00 Å². The molecule has 0 N–H and O–H groups in total. The van der Waals surface area contributed by atoms with Crippen LogP contribution in [-0.4, -0.2) is 34.6 Å². The molecule has 1 unspecified atom stereocenters. The van der Waals surface area contributed by atoms with Gasteiger partial charge < -0.3 is 4.90 Å². The Labute approximate surface area is 122 Å². The second-order valence-electron chi connectivity index (χ2n) is 5.43. The molecule has 20 heavy (non-hydrogen) atoms. The van der Waals surface area contributed by atoms with Crippen LogP contribution in [0.4, 0.5) is 5.69 Å². The van der Waals surface area contributed by atoms with Crippen molar-refractivity contribution in [1.82, 2.24) is 4.31 Å². The highest BCUT2D eigenvalue weighted by Crippen LogP contribution is 2.29. The van der Waals surface area contributed by atoms with E-state index < -0.39 is 11.0 Å². The zero-order chi connectivity index (χ0) is 13.9. The first-order chi connectivity index (χ1) is 9.79. The summed E-state index contributed by atoms with van der Waals surface area (Å²) in [7, 11) is -1.06. The number of carbonyl (C=O) groups excluding carboxylic acids is 1. The van der Waals surface area contributed by atoms with Gasteiger partial charge in [-0.2, -0.15) is 0 Å². The predicted octanol–water partition coefficient (Wildman–Crippen LogP) is 2.10. The van der Waals surface area contributed by atoms with Crippen LogP contribution in [0.3, 0.4) is 0 Å². The smallest absolute Gasteiger partial charge is 0.214 e. The van der Waals surface area contributed by atoms with Crippen molar-refractivity contribution in [2.45, 2.75) is 37.0 Å². The SMILES string of the molecule is O=CN1CCc2cc(S(=O)N3CCCCCC3)ccc21. The third-order valence-corrected chi connectivity index (χ3v) is 5.60. The molecule has 0 aliphatic carbocycles. The highest BCUT2D eigenvalue weighted by molar-refractivity contribution is 7.82. The molecule has 2 heterocycles. The van der Waals surface area contributed by atoms with E-state index in [0.717, 1.165) is 61.5 Å². The fraction of sp³-hybridized carbons (Fsp3) is 0.533. The molecule has 0 bridgehead atoms. The van der Waals surface area contributed by atoms with Crippen molar-refractivity contribution in [2.24, 2.45) is 0 Å². The normalized spacial score (nSPS) is 21.3. The maximum Gasteiger partial charge on any atom is 0.214 e. The fourth-order valence-corrected chi connectivity index (χ4v) is 4.29. The molecule has 1 aromatic rings. The first-order valence-corrected chi connectivity index (χ1v) is 8.42. The first kappa shape index (κ1) is 13.8. The Hall–Kier alpha value is -1.20. The van der Waals surface area contributed by atoms with Gasteiger partial charge in [-0.05, 0) is 43.0 Å². The molecule has 4 nitrogen and oxygen atoms in total. The molecular formula is C15H20N2O2S. The quantitative estimate of drug-likeness (QED) is 0.801. The minimum atomic E-state index is -1.06. The summed E-state index contributed by atoms with van der Waals surface area (Å²) in [5, 5.41) is 0. The molecule has 108 valence electrons. The lowest BCUT2D eigenvalue weighted by Gasteiger charge is -2.19. The topological polar surface area (TPSA) is 40.6 Å². The fourth-order valence-electron chi connectivity index (χ4n) is 2.98. The summed E-state index contributed by atoms with van der Waals surface area (Å²) >= 11 is 0. The van der Waals surface area contributed by atoms with Gasteiger partial charge in [0.25, 0.3) is 0 Å². The highest BCUT2D eigenvalue weighted by atomic mass is 32.2. The van der Waals surface area contributed by atoms with Gasteiger partial charge in [-0.3, -0.25) is 4.79 Å². The third-order valence-electron chi connectivity index (χ3n) is 4.11. The molecule has 0 spiro atoms. The molecule has 5 heteroatoms. The number of benzene rings is 1. The van der Waals surface area contributed by atoms with Crippen LogP contribution in [-0.2, 0) is 22.2 Å². The Bertz CT molecular complexity index is 525. The second-order valence-corrected chi connectivity index (χ2v) is 6.92. The van der Waals surface area contributed by atoms with E-state index in [9.17, 15) is 9.00 Å². The molecule has 0 radical (unpaired) electrons. The van der Waals surface area contributed by atoms with Gasteiger partial charge in [0, 0.05) is 25.3 Å². The maximum absolute atomic E-state index is 12.7. The lowest BCUT2D eigenvalue weighted by molar-refractivity contribution is -0.107. The summed E-state index contributed by atoms with van der Waals surface area (Å²) in [4.78, 5) is 13.5. The van der Waals surface area contributed by atoms with Crippen LogP contribution in [0.5, 0.6) is 0 Å². The number of anilines is 1. The Morgan fingerprint density at radius 1 is 1.05 bits per heavy atom. The summed E-state index contributed by atoms with van der Waals surface area (Å²) in [6.07, 6.45) is 6.49. The van der Waals surface area contributed by atoms with Crippen molar-refractivity contribution in [3.8, 4) is 0 Å². The van der Waals surface area contributed by atoms with Crippen LogP contribution in [0.25, 0.3) is 0 Å². The number of rotatable bonds is 3. The van der Waals surface area contributed by atoms with Crippen molar-refractivity contribution >= 4 is 23.1 Å². The van der Waals surface area contributed by atoms with E-state index in [2.05, 4.69) is 4.31 Å². The Morgan fingerprint density at radius 3 is 2.50 bits per heavy atom. The second kappa shape index (κ2) is 6.06. The zero-order valence-corrected chi connectivity index (χ0v) is 12.4. The van der Waals surface area contributed by atoms with Crippen LogP contribution >= 0.6 is 0 Å². The lowest BCUT2D eigenvalue weighted by atomic mass is 10.2. The van der Waals surface area contributed by atoms with E-state index >= 15 is 0 Å². The molecule has 2 aliphatic rings. The van der Waals surface area contributed by atoms with Crippen molar-refractivity contribution in [1.29, 1.82) is 0 Å². The lowest BCUT2D eigenvalue weighted by Crippen LogP contribution is -2.27. The summed E-state index contributed by atoms with van der Waals surface area (Å²) in [6.45, 7) is 2.58. The molecule has 1 atom stereocenters. The van der Waals surface area contributed by atoms with Gasteiger partial charge in [0.2, 0.25) is 6.41 Å². The van der Waals surface area contributed by atoms with Gasteiger partial charge in [-0.15, -0.1) is 0 Å². The van der Waals surface area contributed by atoms with Gasteiger partial charge in [-0.25, -0.2) is 8.51 Å². The van der Waals surface area contributed by atoms with Crippen molar-refractivity contribution in [3.63, 3.8) is 0 Å². The van der Waals surface area contributed by atoms with E-state index in [1.165, 1.54) is 12.8 Å². The Kier molecular flexibility index (Phi) is 4.17. The van der Waals surface area contributed by atoms with Crippen LogP contribution < -0.4 is 4.90 Å². The Balaban J connectivity index is 1.80. The summed E-state index contributed by atoms with van der Waals surface area (Å²) in [5.74, 6) is 0.